The Labute approximate surface area is 120 Å². The predicted octanol–water partition coefficient (Wildman–Crippen LogP) is 2.11. The standard InChI is InChI=1S/C13H16ClF2NO3/c1-9-6-10(14)2-3-11(9)20-8-13(19)17(4-5-18)7-12(15)16/h2-3,6,12,18H,4-5,7-8H2,1H3. The van der Waals surface area contributed by atoms with Gasteiger partial charge in [-0.3, -0.25) is 4.79 Å². The maximum Gasteiger partial charge on any atom is 0.260 e. The van der Waals surface area contributed by atoms with E-state index in [-0.39, 0.29) is 19.8 Å². The average Bonchev–Trinajstić information content (AvgIpc) is 2.36. The van der Waals surface area contributed by atoms with Gasteiger partial charge in [-0.2, -0.15) is 0 Å². The number of aryl methyl sites for hydroxylation is 1. The highest BCUT2D eigenvalue weighted by atomic mass is 35.5. The minimum absolute atomic E-state index is 0.147. The minimum Gasteiger partial charge on any atom is -0.483 e. The van der Waals surface area contributed by atoms with E-state index >= 15 is 0 Å². The predicted molar refractivity (Wildman–Crippen MR) is 71.4 cm³/mol. The highest BCUT2D eigenvalue weighted by Gasteiger charge is 2.18. The lowest BCUT2D eigenvalue weighted by atomic mass is 10.2. The van der Waals surface area contributed by atoms with Crippen LogP contribution in [0.1, 0.15) is 5.56 Å². The highest BCUT2D eigenvalue weighted by Crippen LogP contribution is 2.21. The number of nitrogens with zero attached hydrogens (tertiary/aromatic N) is 1. The summed E-state index contributed by atoms with van der Waals surface area (Å²) in [6.45, 7) is 0.151. The molecule has 112 valence electrons. The van der Waals surface area contributed by atoms with E-state index in [9.17, 15) is 13.6 Å². The summed E-state index contributed by atoms with van der Waals surface area (Å²) in [6.07, 6.45) is -2.65. The smallest absolute Gasteiger partial charge is 0.260 e. The lowest BCUT2D eigenvalue weighted by Gasteiger charge is -2.21. The van der Waals surface area contributed by atoms with Crippen molar-refractivity contribution >= 4 is 17.5 Å². The average molecular weight is 308 g/mol. The van der Waals surface area contributed by atoms with Crippen LogP contribution in [0.15, 0.2) is 18.2 Å². The topological polar surface area (TPSA) is 49.8 Å². The summed E-state index contributed by atoms with van der Waals surface area (Å²) in [7, 11) is 0. The Morgan fingerprint density at radius 3 is 2.75 bits per heavy atom. The lowest BCUT2D eigenvalue weighted by Crippen LogP contribution is -2.40. The molecule has 0 bridgehead atoms. The molecule has 0 aliphatic carbocycles. The second-order valence-corrected chi connectivity index (χ2v) is 4.59. The molecule has 0 radical (unpaired) electrons. The van der Waals surface area contributed by atoms with Crippen molar-refractivity contribution in [3.05, 3.63) is 28.8 Å². The molecule has 1 N–H and O–H groups in total. The van der Waals surface area contributed by atoms with Crippen LogP contribution >= 0.6 is 11.6 Å². The van der Waals surface area contributed by atoms with Crippen molar-refractivity contribution in [1.29, 1.82) is 0 Å². The SMILES string of the molecule is Cc1cc(Cl)ccc1OCC(=O)N(CCO)CC(F)F. The van der Waals surface area contributed by atoms with Crippen LogP contribution in [0.5, 0.6) is 5.75 Å². The molecule has 0 aliphatic heterocycles. The Bertz CT molecular complexity index is 457. The molecule has 1 rings (SSSR count). The maximum atomic E-state index is 12.3. The molecule has 0 saturated heterocycles. The van der Waals surface area contributed by atoms with E-state index < -0.39 is 18.9 Å². The van der Waals surface area contributed by atoms with Crippen molar-refractivity contribution in [2.45, 2.75) is 13.3 Å². The van der Waals surface area contributed by atoms with Crippen molar-refractivity contribution in [3.63, 3.8) is 0 Å². The van der Waals surface area contributed by atoms with Gasteiger partial charge >= 0.3 is 0 Å². The largest absolute Gasteiger partial charge is 0.483 e. The Balaban J connectivity index is 2.59. The molecule has 0 saturated carbocycles. The Kier molecular flexibility index (Phi) is 6.67. The van der Waals surface area contributed by atoms with E-state index in [1.807, 2.05) is 0 Å². The van der Waals surface area contributed by atoms with Crippen molar-refractivity contribution in [1.82, 2.24) is 4.90 Å². The summed E-state index contributed by atoms with van der Waals surface area (Å²) < 4.78 is 29.9. The molecule has 0 aliphatic rings. The third-order valence-corrected chi connectivity index (χ3v) is 2.80. The molecule has 4 nitrogen and oxygen atoms in total. The third kappa shape index (κ3) is 5.30. The summed E-state index contributed by atoms with van der Waals surface area (Å²) in [6, 6.07) is 4.89. The second kappa shape index (κ2) is 8.01. The van der Waals surface area contributed by atoms with Crippen molar-refractivity contribution in [2.24, 2.45) is 0 Å². The summed E-state index contributed by atoms with van der Waals surface area (Å²) in [4.78, 5) is 12.6. The zero-order chi connectivity index (χ0) is 15.1. The molecule has 1 aromatic rings. The lowest BCUT2D eigenvalue weighted by molar-refractivity contribution is -0.135. The molecular formula is C13H16ClF2NO3. The van der Waals surface area contributed by atoms with Gasteiger partial charge in [0.05, 0.1) is 13.2 Å². The van der Waals surface area contributed by atoms with Crippen LogP contribution in [0.4, 0.5) is 8.78 Å². The van der Waals surface area contributed by atoms with E-state index in [0.29, 0.717) is 10.8 Å². The van der Waals surface area contributed by atoms with Gasteiger partial charge in [-0.25, -0.2) is 8.78 Å². The Morgan fingerprint density at radius 1 is 1.50 bits per heavy atom. The van der Waals surface area contributed by atoms with E-state index in [1.165, 1.54) is 0 Å². The van der Waals surface area contributed by atoms with Crippen molar-refractivity contribution in [2.75, 3.05) is 26.3 Å². The third-order valence-electron chi connectivity index (χ3n) is 2.57. The number of ether oxygens (including phenoxy) is 1. The summed E-state index contributed by atoms with van der Waals surface area (Å²) >= 11 is 5.79. The Hall–Kier alpha value is -1.40. The summed E-state index contributed by atoms with van der Waals surface area (Å²) in [5, 5.41) is 9.31. The van der Waals surface area contributed by atoms with Crippen LogP contribution in [0.2, 0.25) is 5.02 Å². The van der Waals surface area contributed by atoms with Gasteiger partial charge in [-0.05, 0) is 30.7 Å². The molecule has 1 amide bonds. The van der Waals surface area contributed by atoms with Crippen LogP contribution in [0.25, 0.3) is 0 Å². The van der Waals surface area contributed by atoms with E-state index in [2.05, 4.69) is 0 Å². The highest BCUT2D eigenvalue weighted by molar-refractivity contribution is 6.30. The number of carbonyl (C=O) groups is 1. The monoisotopic (exact) mass is 307 g/mol. The van der Waals surface area contributed by atoms with Crippen LogP contribution in [0, 0.1) is 6.92 Å². The number of benzene rings is 1. The number of alkyl halides is 2. The van der Waals surface area contributed by atoms with Gasteiger partial charge in [-0.1, -0.05) is 11.6 Å². The number of aliphatic hydroxyl groups excluding tert-OH is 1. The van der Waals surface area contributed by atoms with Gasteiger partial charge < -0.3 is 14.7 Å². The van der Waals surface area contributed by atoms with Crippen LogP contribution in [-0.4, -0.2) is 48.6 Å². The zero-order valence-electron chi connectivity index (χ0n) is 11.0. The van der Waals surface area contributed by atoms with E-state index in [0.717, 1.165) is 10.5 Å². The van der Waals surface area contributed by atoms with Gasteiger partial charge in [0.1, 0.15) is 5.75 Å². The van der Waals surface area contributed by atoms with Crippen LogP contribution < -0.4 is 4.74 Å². The first-order valence-corrected chi connectivity index (χ1v) is 6.37. The first-order chi connectivity index (χ1) is 9.43. The van der Waals surface area contributed by atoms with Gasteiger partial charge in [0.15, 0.2) is 6.61 Å². The number of aliphatic hydroxyl groups is 1. The van der Waals surface area contributed by atoms with Gasteiger partial charge in [-0.15, -0.1) is 0 Å². The van der Waals surface area contributed by atoms with E-state index in [1.54, 1.807) is 25.1 Å². The zero-order valence-corrected chi connectivity index (χ0v) is 11.7. The van der Waals surface area contributed by atoms with Gasteiger partial charge in [0.25, 0.3) is 12.3 Å². The number of hydrogen-bond donors (Lipinski definition) is 1. The normalized spacial score (nSPS) is 10.7. The Morgan fingerprint density at radius 2 is 2.20 bits per heavy atom. The molecule has 1 aromatic carbocycles. The van der Waals surface area contributed by atoms with Crippen LogP contribution in [0.3, 0.4) is 0 Å². The first-order valence-electron chi connectivity index (χ1n) is 5.99. The number of amides is 1. The molecule has 7 heteroatoms. The number of halogens is 3. The fraction of sp³-hybridized carbons (Fsp3) is 0.462. The molecule has 0 fully saturated rings. The minimum atomic E-state index is -2.65. The van der Waals surface area contributed by atoms with Gasteiger partial charge in [0, 0.05) is 11.6 Å². The molecule has 0 aromatic heterocycles. The summed E-state index contributed by atoms with van der Waals surface area (Å²) in [5.74, 6) is -0.141. The summed E-state index contributed by atoms with van der Waals surface area (Å²) in [5.41, 5.74) is 0.743. The first kappa shape index (κ1) is 16.7. The fourth-order valence-electron chi connectivity index (χ4n) is 1.61. The molecular weight excluding hydrogens is 292 g/mol. The van der Waals surface area contributed by atoms with Crippen molar-refractivity contribution < 1.29 is 23.4 Å². The number of hydrogen-bond acceptors (Lipinski definition) is 3. The molecule has 20 heavy (non-hydrogen) atoms. The number of rotatable bonds is 7. The van der Waals surface area contributed by atoms with Crippen molar-refractivity contribution in [3.8, 4) is 5.75 Å². The van der Waals surface area contributed by atoms with E-state index in [4.69, 9.17) is 21.4 Å². The molecule has 0 spiro atoms. The number of carbonyl (C=O) groups excluding carboxylic acids is 1. The van der Waals surface area contributed by atoms with Gasteiger partial charge in [0.2, 0.25) is 0 Å². The fourth-order valence-corrected chi connectivity index (χ4v) is 1.84. The quantitative estimate of drug-likeness (QED) is 0.839. The molecule has 0 atom stereocenters. The molecule has 0 unspecified atom stereocenters. The maximum absolute atomic E-state index is 12.3. The van der Waals surface area contributed by atoms with Crippen LogP contribution in [-0.2, 0) is 4.79 Å². The molecule has 0 heterocycles. The second-order valence-electron chi connectivity index (χ2n) is 4.15.